The summed E-state index contributed by atoms with van der Waals surface area (Å²) in [5.74, 6) is -1.68. The number of hydrogen-bond acceptors (Lipinski definition) is 3. The lowest BCUT2D eigenvalue weighted by Gasteiger charge is -2.28. The molecule has 6 heteroatoms. The molecular weight excluding hydrogens is 350 g/mol. The van der Waals surface area contributed by atoms with Crippen LogP contribution >= 0.6 is 0 Å². The Morgan fingerprint density at radius 2 is 1.65 bits per heavy atom. The van der Waals surface area contributed by atoms with Crippen molar-refractivity contribution in [2.75, 3.05) is 0 Å². The Balaban J connectivity index is 2.24. The van der Waals surface area contributed by atoms with Gasteiger partial charge in [0.25, 0.3) is 10.0 Å². The zero-order valence-electron chi connectivity index (χ0n) is 14.9. The molecule has 0 spiro atoms. The van der Waals surface area contributed by atoms with Crippen LogP contribution in [0.1, 0.15) is 32.3 Å². The van der Waals surface area contributed by atoms with Gasteiger partial charge in [0.05, 0.1) is 16.3 Å². The number of rotatable bonds is 4. The van der Waals surface area contributed by atoms with E-state index in [2.05, 4.69) is 0 Å². The van der Waals surface area contributed by atoms with Gasteiger partial charge in [-0.15, -0.1) is 0 Å². The van der Waals surface area contributed by atoms with Gasteiger partial charge in [0, 0.05) is 11.6 Å². The van der Waals surface area contributed by atoms with Crippen molar-refractivity contribution in [3.8, 4) is 0 Å². The van der Waals surface area contributed by atoms with Gasteiger partial charge in [0.15, 0.2) is 0 Å². The summed E-state index contributed by atoms with van der Waals surface area (Å²) in [7, 11) is -3.75. The zero-order valence-corrected chi connectivity index (χ0v) is 15.7. The minimum atomic E-state index is -3.75. The van der Waals surface area contributed by atoms with Crippen molar-refractivity contribution < 1.29 is 18.3 Å². The maximum Gasteiger partial charge on any atom is 0.311 e. The van der Waals surface area contributed by atoms with E-state index in [1.165, 1.54) is 10.2 Å². The molecule has 3 aromatic rings. The number of benzene rings is 2. The maximum absolute atomic E-state index is 13.0. The van der Waals surface area contributed by atoms with Gasteiger partial charge >= 0.3 is 5.97 Å². The standard InChI is InChI=1S/C20H21NO4S/c1-20(2,3)18(19(22)23)16-10-7-11-17-15(16)12-13-21(17)26(24,25)14-8-5-4-6-9-14/h4-13,18H,1-3H3,(H,22,23). The van der Waals surface area contributed by atoms with Crippen molar-refractivity contribution in [3.63, 3.8) is 0 Å². The number of aliphatic carboxylic acids is 1. The molecule has 5 nitrogen and oxygen atoms in total. The highest BCUT2D eigenvalue weighted by atomic mass is 32.2. The Kier molecular flexibility index (Phi) is 4.40. The van der Waals surface area contributed by atoms with Crippen LogP contribution in [-0.2, 0) is 14.8 Å². The lowest BCUT2D eigenvalue weighted by molar-refractivity contribution is -0.141. The first-order valence-electron chi connectivity index (χ1n) is 8.27. The van der Waals surface area contributed by atoms with E-state index in [9.17, 15) is 18.3 Å². The smallest absolute Gasteiger partial charge is 0.311 e. The summed E-state index contributed by atoms with van der Waals surface area (Å²) in [6.07, 6.45) is 1.48. The van der Waals surface area contributed by atoms with Crippen LogP contribution in [0.2, 0.25) is 0 Å². The summed E-state index contributed by atoms with van der Waals surface area (Å²) in [6.45, 7) is 5.59. The predicted octanol–water partition coefficient (Wildman–Crippen LogP) is 4.09. The lowest BCUT2D eigenvalue weighted by Crippen LogP contribution is -2.26. The Bertz CT molecular complexity index is 1060. The van der Waals surface area contributed by atoms with Gasteiger partial charge in [-0.25, -0.2) is 12.4 Å². The van der Waals surface area contributed by atoms with Gasteiger partial charge in [-0.2, -0.15) is 0 Å². The molecule has 3 rings (SSSR count). The van der Waals surface area contributed by atoms with E-state index in [0.29, 0.717) is 16.5 Å². The van der Waals surface area contributed by atoms with E-state index >= 15 is 0 Å². The minimum absolute atomic E-state index is 0.188. The molecule has 0 amide bonds. The fourth-order valence-electron chi connectivity index (χ4n) is 3.30. The second-order valence-corrected chi connectivity index (χ2v) is 9.16. The number of carbonyl (C=O) groups is 1. The summed E-state index contributed by atoms with van der Waals surface area (Å²) in [5.41, 5.74) is 0.576. The molecule has 1 aromatic heterocycles. The SMILES string of the molecule is CC(C)(C)C(C(=O)O)c1cccc2c1ccn2S(=O)(=O)c1ccccc1. The van der Waals surface area contributed by atoms with Gasteiger partial charge in [0.2, 0.25) is 0 Å². The third-order valence-electron chi connectivity index (χ3n) is 4.45. The van der Waals surface area contributed by atoms with E-state index < -0.39 is 27.3 Å². The Morgan fingerprint density at radius 3 is 2.23 bits per heavy atom. The van der Waals surface area contributed by atoms with Crippen LogP contribution in [0.5, 0.6) is 0 Å². The van der Waals surface area contributed by atoms with E-state index in [1.54, 1.807) is 54.6 Å². The van der Waals surface area contributed by atoms with Gasteiger partial charge < -0.3 is 5.11 Å². The molecule has 0 fully saturated rings. The van der Waals surface area contributed by atoms with Crippen molar-refractivity contribution in [3.05, 3.63) is 66.4 Å². The fraction of sp³-hybridized carbons (Fsp3) is 0.250. The summed E-state index contributed by atoms with van der Waals surface area (Å²) in [4.78, 5) is 12.1. The summed E-state index contributed by atoms with van der Waals surface area (Å²) in [5, 5.41) is 10.4. The third-order valence-corrected chi connectivity index (χ3v) is 6.16. The average molecular weight is 371 g/mol. The first kappa shape index (κ1) is 18.2. The normalized spacial score (nSPS) is 13.7. The second-order valence-electron chi connectivity index (χ2n) is 7.35. The first-order chi connectivity index (χ1) is 12.1. The fourth-order valence-corrected chi connectivity index (χ4v) is 4.67. The molecule has 0 saturated heterocycles. The van der Waals surface area contributed by atoms with Crippen molar-refractivity contribution >= 4 is 26.9 Å². The number of nitrogens with zero attached hydrogens (tertiary/aromatic N) is 1. The zero-order chi connectivity index (χ0) is 19.1. The highest BCUT2D eigenvalue weighted by molar-refractivity contribution is 7.90. The molecule has 136 valence electrons. The minimum Gasteiger partial charge on any atom is -0.481 e. The highest BCUT2D eigenvalue weighted by Crippen LogP contribution is 2.39. The number of carboxylic acids is 1. The van der Waals surface area contributed by atoms with E-state index in [0.717, 1.165) is 0 Å². The summed E-state index contributed by atoms with van der Waals surface area (Å²) >= 11 is 0. The summed E-state index contributed by atoms with van der Waals surface area (Å²) < 4.78 is 27.1. The third kappa shape index (κ3) is 3.01. The molecule has 1 unspecified atom stereocenters. The Hall–Kier alpha value is -2.60. The Labute approximate surface area is 152 Å². The summed E-state index contributed by atoms with van der Waals surface area (Å²) in [6, 6.07) is 15.0. The first-order valence-corrected chi connectivity index (χ1v) is 9.71. The monoisotopic (exact) mass is 371 g/mol. The van der Waals surface area contributed by atoms with Gasteiger partial charge in [-0.05, 0) is 35.2 Å². The molecule has 2 aromatic carbocycles. The lowest BCUT2D eigenvalue weighted by atomic mass is 9.75. The van der Waals surface area contributed by atoms with Crippen LogP contribution in [0.15, 0.2) is 65.7 Å². The topological polar surface area (TPSA) is 76.4 Å². The van der Waals surface area contributed by atoms with Gasteiger partial charge in [-0.1, -0.05) is 51.1 Å². The molecule has 0 aliphatic rings. The second kappa shape index (κ2) is 6.29. The van der Waals surface area contributed by atoms with Crippen LogP contribution in [-0.4, -0.2) is 23.5 Å². The van der Waals surface area contributed by atoms with Crippen LogP contribution in [0.3, 0.4) is 0 Å². The van der Waals surface area contributed by atoms with E-state index in [4.69, 9.17) is 0 Å². The quantitative estimate of drug-likeness (QED) is 0.749. The van der Waals surface area contributed by atoms with Crippen LogP contribution in [0.25, 0.3) is 10.9 Å². The van der Waals surface area contributed by atoms with Crippen molar-refractivity contribution in [1.29, 1.82) is 0 Å². The number of carboxylic acid groups (broad SMARTS) is 1. The molecule has 1 heterocycles. The van der Waals surface area contributed by atoms with E-state index in [-0.39, 0.29) is 4.90 Å². The molecule has 0 aliphatic heterocycles. The number of fused-ring (bicyclic) bond motifs is 1. The molecule has 0 aliphatic carbocycles. The van der Waals surface area contributed by atoms with Gasteiger partial charge in [0.1, 0.15) is 0 Å². The van der Waals surface area contributed by atoms with Crippen molar-refractivity contribution in [2.45, 2.75) is 31.6 Å². The molecule has 1 atom stereocenters. The molecular formula is C20H21NO4S. The van der Waals surface area contributed by atoms with E-state index in [1.807, 2.05) is 20.8 Å². The average Bonchev–Trinajstić information content (AvgIpc) is 3.00. The molecule has 0 saturated carbocycles. The van der Waals surface area contributed by atoms with Crippen LogP contribution < -0.4 is 0 Å². The largest absolute Gasteiger partial charge is 0.481 e. The van der Waals surface area contributed by atoms with Gasteiger partial charge in [-0.3, -0.25) is 4.79 Å². The molecule has 1 N–H and O–H groups in total. The van der Waals surface area contributed by atoms with Crippen LogP contribution in [0, 0.1) is 5.41 Å². The van der Waals surface area contributed by atoms with Crippen molar-refractivity contribution in [2.24, 2.45) is 5.41 Å². The Morgan fingerprint density at radius 1 is 1.00 bits per heavy atom. The van der Waals surface area contributed by atoms with Crippen molar-refractivity contribution in [1.82, 2.24) is 3.97 Å². The molecule has 0 radical (unpaired) electrons. The molecule has 26 heavy (non-hydrogen) atoms. The van der Waals surface area contributed by atoms with Crippen LogP contribution in [0.4, 0.5) is 0 Å². The number of aromatic nitrogens is 1. The molecule has 0 bridgehead atoms. The predicted molar refractivity (Wildman–Crippen MR) is 101 cm³/mol. The number of hydrogen-bond donors (Lipinski definition) is 1. The maximum atomic E-state index is 13.0. The highest BCUT2D eigenvalue weighted by Gasteiger charge is 2.34.